The molecule has 0 saturated heterocycles. The Morgan fingerprint density at radius 1 is 0.885 bits per heavy atom. The standard InChI is InChI=1S/C22H18BNO2/c25-23(26)18-10-4-6-12-20(18)24-19-11-5-3-9-17(19)22-16-8-2-1-7-15(16)13-14-21(22)24/h1-2,4-8,10-14,25-26H,3,9H2. The quantitative estimate of drug-likeness (QED) is 0.550. The van der Waals surface area contributed by atoms with Gasteiger partial charge in [-0.3, -0.25) is 0 Å². The van der Waals surface area contributed by atoms with Gasteiger partial charge in [0, 0.05) is 22.2 Å². The van der Waals surface area contributed by atoms with Gasteiger partial charge in [0.2, 0.25) is 0 Å². The zero-order chi connectivity index (χ0) is 17.7. The summed E-state index contributed by atoms with van der Waals surface area (Å²) in [6, 6.07) is 20.2. The summed E-state index contributed by atoms with van der Waals surface area (Å²) in [5, 5.41) is 23.5. The smallest absolute Gasteiger partial charge is 0.423 e. The monoisotopic (exact) mass is 339 g/mol. The number of rotatable bonds is 2. The van der Waals surface area contributed by atoms with Crippen molar-refractivity contribution in [1.29, 1.82) is 0 Å². The normalized spacial score (nSPS) is 13.3. The lowest BCUT2D eigenvalue weighted by Gasteiger charge is -2.15. The van der Waals surface area contributed by atoms with Crippen molar-refractivity contribution in [1.82, 2.24) is 4.57 Å². The van der Waals surface area contributed by atoms with E-state index >= 15 is 0 Å². The van der Waals surface area contributed by atoms with Crippen LogP contribution in [0.25, 0.3) is 33.4 Å². The zero-order valence-corrected chi connectivity index (χ0v) is 14.3. The van der Waals surface area contributed by atoms with E-state index < -0.39 is 7.12 Å². The van der Waals surface area contributed by atoms with Gasteiger partial charge in [-0.15, -0.1) is 0 Å². The molecule has 4 aromatic rings. The molecule has 2 N–H and O–H groups in total. The third kappa shape index (κ3) is 2.16. The third-order valence-electron chi connectivity index (χ3n) is 5.29. The number of nitrogens with zero attached hydrogens (tertiary/aromatic N) is 1. The number of fused-ring (bicyclic) bond motifs is 5. The molecule has 0 spiro atoms. The first-order chi connectivity index (χ1) is 12.8. The molecule has 3 nitrogen and oxygen atoms in total. The number of aryl methyl sites for hydroxylation is 1. The summed E-state index contributed by atoms with van der Waals surface area (Å²) in [5.41, 5.74) is 4.90. The second kappa shape index (κ2) is 5.87. The summed E-state index contributed by atoms with van der Waals surface area (Å²) < 4.78 is 2.17. The molecule has 0 aliphatic heterocycles. The maximum atomic E-state index is 9.88. The molecule has 1 aliphatic rings. The van der Waals surface area contributed by atoms with Crippen molar-refractivity contribution in [2.24, 2.45) is 0 Å². The minimum atomic E-state index is -1.51. The number of aromatic nitrogens is 1. The maximum absolute atomic E-state index is 9.88. The van der Waals surface area contributed by atoms with Crippen molar-refractivity contribution in [2.75, 3.05) is 0 Å². The summed E-state index contributed by atoms with van der Waals surface area (Å²) in [6.07, 6.45) is 6.37. The van der Waals surface area contributed by atoms with Crippen LogP contribution in [0.2, 0.25) is 0 Å². The summed E-state index contributed by atoms with van der Waals surface area (Å²) in [5.74, 6) is 0. The molecule has 4 heteroatoms. The maximum Gasteiger partial charge on any atom is 0.490 e. The molecule has 5 rings (SSSR count). The SMILES string of the molecule is OB(O)c1ccccc1-n1c2c(c3c4ccccc4ccc31)CCC=C2. The summed E-state index contributed by atoms with van der Waals surface area (Å²) in [6.45, 7) is 0. The second-order valence-corrected chi connectivity index (χ2v) is 6.75. The van der Waals surface area contributed by atoms with Gasteiger partial charge in [0.15, 0.2) is 0 Å². The Bertz CT molecular complexity index is 1170. The Kier molecular flexibility index (Phi) is 3.49. The van der Waals surface area contributed by atoms with Crippen LogP contribution in [-0.4, -0.2) is 21.7 Å². The predicted molar refractivity (Wildman–Crippen MR) is 108 cm³/mol. The molecule has 0 amide bonds. The van der Waals surface area contributed by atoms with Crippen molar-refractivity contribution < 1.29 is 10.0 Å². The van der Waals surface area contributed by atoms with E-state index in [1.54, 1.807) is 6.07 Å². The molecule has 0 fully saturated rings. The van der Waals surface area contributed by atoms with Gasteiger partial charge in [-0.25, -0.2) is 0 Å². The Morgan fingerprint density at radius 2 is 1.69 bits per heavy atom. The highest BCUT2D eigenvalue weighted by Gasteiger charge is 2.24. The van der Waals surface area contributed by atoms with E-state index in [9.17, 15) is 10.0 Å². The van der Waals surface area contributed by atoms with Crippen LogP contribution in [-0.2, 0) is 6.42 Å². The molecule has 0 saturated carbocycles. The van der Waals surface area contributed by atoms with Crippen LogP contribution in [0.15, 0.2) is 66.7 Å². The topological polar surface area (TPSA) is 45.4 Å². The zero-order valence-electron chi connectivity index (χ0n) is 14.3. The molecule has 0 bridgehead atoms. The minimum absolute atomic E-state index is 0.513. The van der Waals surface area contributed by atoms with Gasteiger partial charge in [-0.2, -0.15) is 0 Å². The molecule has 0 radical (unpaired) electrons. The Balaban J connectivity index is 1.96. The molecular formula is C22H18BNO2. The highest BCUT2D eigenvalue weighted by Crippen LogP contribution is 2.37. The van der Waals surface area contributed by atoms with Crippen molar-refractivity contribution in [2.45, 2.75) is 12.8 Å². The van der Waals surface area contributed by atoms with E-state index in [-0.39, 0.29) is 0 Å². The van der Waals surface area contributed by atoms with Crippen LogP contribution in [0, 0.1) is 0 Å². The highest BCUT2D eigenvalue weighted by molar-refractivity contribution is 6.60. The van der Waals surface area contributed by atoms with E-state index in [4.69, 9.17) is 0 Å². The van der Waals surface area contributed by atoms with Crippen LogP contribution in [0.3, 0.4) is 0 Å². The predicted octanol–water partition coefficient (Wildman–Crippen LogP) is 3.42. The minimum Gasteiger partial charge on any atom is -0.423 e. The molecule has 0 atom stereocenters. The molecule has 1 heterocycles. The lowest BCUT2D eigenvalue weighted by molar-refractivity contribution is 0.425. The number of hydrogen-bond donors (Lipinski definition) is 2. The van der Waals surface area contributed by atoms with Crippen molar-refractivity contribution >= 4 is 40.3 Å². The van der Waals surface area contributed by atoms with Crippen molar-refractivity contribution in [3.05, 3.63) is 78.0 Å². The van der Waals surface area contributed by atoms with Gasteiger partial charge in [0.05, 0.1) is 5.52 Å². The molecule has 1 aromatic heterocycles. The second-order valence-electron chi connectivity index (χ2n) is 6.75. The molecule has 126 valence electrons. The number of benzene rings is 3. The summed E-state index contributed by atoms with van der Waals surface area (Å²) in [4.78, 5) is 0. The number of allylic oxidation sites excluding steroid dienone is 1. The van der Waals surface area contributed by atoms with Gasteiger partial charge >= 0.3 is 7.12 Å². The van der Waals surface area contributed by atoms with Crippen LogP contribution < -0.4 is 5.46 Å². The first-order valence-electron chi connectivity index (χ1n) is 8.93. The fourth-order valence-electron chi connectivity index (χ4n) is 4.18. The van der Waals surface area contributed by atoms with E-state index in [0.717, 1.165) is 29.7 Å². The Morgan fingerprint density at radius 3 is 2.58 bits per heavy atom. The van der Waals surface area contributed by atoms with E-state index in [1.165, 1.54) is 21.7 Å². The van der Waals surface area contributed by atoms with Crippen LogP contribution in [0.5, 0.6) is 0 Å². The average molecular weight is 339 g/mol. The van der Waals surface area contributed by atoms with Crippen molar-refractivity contribution in [3.8, 4) is 5.69 Å². The van der Waals surface area contributed by atoms with Crippen LogP contribution in [0.1, 0.15) is 17.7 Å². The van der Waals surface area contributed by atoms with E-state index in [0.29, 0.717) is 5.46 Å². The van der Waals surface area contributed by atoms with E-state index in [1.807, 2.05) is 18.2 Å². The van der Waals surface area contributed by atoms with Gasteiger partial charge in [0.25, 0.3) is 0 Å². The Labute approximate surface area is 152 Å². The van der Waals surface area contributed by atoms with Gasteiger partial charge in [-0.1, -0.05) is 54.6 Å². The molecular weight excluding hydrogens is 321 g/mol. The molecule has 1 aliphatic carbocycles. The summed E-state index contributed by atoms with van der Waals surface area (Å²) >= 11 is 0. The third-order valence-corrected chi connectivity index (χ3v) is 5.29. The summed E-state index contributed by atoms with van der Waals surface area (Å²) in [7, 11) is -1.51. The number of para-hydroxylation sites is 1. The average Bonchev–Trinajstić information content (AvgIpc) is 3.02. The fraction of sp³-hybridized carbons (Fsp3) is 0.0909. The molecule has 0 unspecified atom stereocenters. The van der Waals surface area contributed by atoms with E-state index in [2.05, 4.69) is 53.1 Å². The molecule has 3 aromatic carbocycles. The van der Waals surface area contributed by atoms with Gasteiger partial charge in [0.1, 0.15) is 0 Å². The van der Waals surface area contributed by atoms with Gasteiger partial charge in [-0.05, 0) is 47.4 Å². The first kappa shape index (κ1) is 15.4. The number of hydrogen-bond acceptors (Lipinski definition) is 2. The van der Waals surface area contributed by atoms with Crippen LogP contribution in [0.4, 0.5) is 0 Å². The largest absolute Gasteiger partial charge is 0.490 e. The van der Waals surface area contributed by atoms with Crippen molar-refractivity contribution in [3.63, 3.8) is 0 Å². The fourth-order valence-corrected chi connectivity index (χ4v) is 4.18. The first-order valence-corrected chi connectivity index (χ1v) is 8.93. The van der Waals surface area contributed by atoms with Gasteiger partial charge < -0.3 is 14.6 Å². The lowest BCUT2D eigenvalue weighted by Crippen LogP contribution is -2.33. The Hall–Kier alpha value is -2.82. The lowest BCUT2D eigenvalue weighted by atomic mass is 9.79. The molecule has 26 heavy (non-hydrogen) atoms. The highest BCUT2D eigenvalue weighted by atomic mass is 16.4. The van der Waals surface area contributed by atoms with Crippen LogP contribution >= 0.6 is 0 Å².